The number of nitrogens with one attached hydrogen (secondary N) is 1. The smallest absolute Gasteiger partial charge is 0.410 e. The number of piperidine rings is 1. The number of aromatic nitrogens is 2. The lowest BCUT2D eigenvalue weighted by atomic mass is 10.1. The van der Waals surface area contributed by atoms with Crippen LogP contribution in [0.2, 0.25) is 10.0 Å². The molecule has 3 aliphatic heterocycles. The van der Waals surface area contributed by atoms with E-state index in [1.807, 2.05) is 32.9 Å². The maximum Gasteiger partial charge on any atom is 0.410 e. The molecule has 1 aromatic heterocycles. The number of ether oxygens (including phenoxy) is 1. The number of hydrogen-bond acceptors (Lipinski definition) is 8. The molecule has 2 aromatic rings. The van der Waals surface area contributed by atoms with Crippen LogP contribution in [-0.2, 0) is 24.2 Å². The van der Waals surface area contributed by atoms with Crippen LogP contribution in [-0.4, -0.2) is 95.3 Å². The van der Waals surface area contributed by atoms with E-state index in [1.54, 1.807) is 11.0 Å². The topological polar surface area (TPSA) is 77.1 Å². The first-order valence-corrected chi connectivity index (χ1v) is 15.7. The van der Waals surface area contributed by atoms with E-state index in [2.05, 4.69) is 20.0 Å². The van der Waals surface area contributed by atoms with Crippen molar-refractivity contribution in [2.45, 2.75) is 65.1 Å². The molecule has 1 amide bonds. The first-order chi connectivity index (χ1) is 19.6. The average molecular weight is 605 g/mol. The Bertz CT molecular complexity index is 1210. The van der Waals surface area contributed by atoms with Gasteiger partial charge >= 0.3 is 6.09 Å². The Balaban J connectivity index is 1.30. The Morgan fingerprint density at radius 2 is 1.66 bits per heavy atom. The zero-order chi connectivity index (χ0) is 29.0. The van der Waals surface area contributed by atoms with Gasteiger partial charge in [0.25, 0.3) is 0 Å². The van der Waals surface area contributed by atoms with Crippen LogP contribution in [0.4, 0.5) is 16.6 Å². The fraction of sp³-hybridized carbons (Fsp3) is 0.633. The third kappa shape index (κ3) is 8.15. The van der Waals surface area contributed by atoms with Crippen LogP contribution >= 0.6 is 23.2 Å². The number of rotatable bonds is 7. The molecule has 1 aromatic carbocycles. The van der Waals surface area contributed by atoms with E-state index in [-0.39, 0.29) is 6.09 Å². The summed E-state index contributed by atoms with van der Waals surface area (Å²) in [5, 5.41) is 4.70. The number of likely N-dealkylation sites (tertiary alicyclic amines) is 1. The highest BCUT2D eigenvalue weighted by Gasteiger charge is 2.30. The molecule has 3 aliphatic rings. The molecule has 0 aliphatic carbocycles. The van der Waals surface area contributed by atoms with E-state index in [0.29, 0.717) is 36.1 Å². The van der Waals surface area contributed by atoms with Gasteiger partial charge in [0.2, 0.25) is 5.95 Å². The van der Waals surface area contributed by atoms with Gasteiger partial charge in [-0.2, -0.15) is 4.98 Å². The van der Waals surface area contributed by atoms with E-state index in [9.17, 15) is 4.79 Å². The number of hydrogen-bond donors (Lipinski definition) is 1. The van der Waals surface area contributed by atoms with Crippen LogP contribution in [0.15, 0.2) is 18.2 Å². The zero-order valence-electron chi connectivity index (χ0n) is 24.6. The van der Waals surface area contributed by atoms with Crippen LogP contribution < -0.4 is 10.2 Å². The summed E-state index contributed by atoms with van der Waals surface area (Å²) in [4.78, 5) is 32.1. The molecule has 224 valence electrons. The minimum Gasteiger partial charge on any atom is -0.444 e. The maximum atomic E-state index is 12.9. The van der Waals surface area contributed by atoms with Crippen molar-refractivity contribution in [2.75, 3.05) is 69.1 Å². The second-order valence-corrected chi connectivity index (χ2v) is 13.1. The van der Waals surface area contributed by atoms with Gasteiger partial charge in [-0.25, -0.2) is 9.78 Å². The van der Waals surface area contributed by atoms with Gasteiger partial charge in [-0.05, 0) is 64.4 Å². The molecule has 11 heteroatoms. The molecular weight excluding hydrogens is 561 g/mol. The minimum atomic E-state index is -0.556. The van der Waals surface area contributed by atoms with E-state index >= 15 is 0 Å². The standard InChI is InChI=1S/C30H43Cl2N7O2/c1-30(2,3)41-29(40)39-12-9-26-24(21-39)27(33-20-22-7-8-23(31)19-25(22)32)35-28(34-26)38-17-15-37(16-18-38)14-13-36-10-5-4-6-11-36/h7-8,19H,4-6,9-18,20-21H2,1-3H3,(H,33,34,35). The van der Waals surface area contributed by atoms with Crippen molar-refractivity contribution in [1.82, 2.24) is 24.7 Å². The summed E-state index contributed by atoms with van der Waals surface area (Å²) in [5.74, 6) is 1.48. The third-order valence-electron chi connectivity index (χ3n) is 8.00. The monoisotopic (exact) mass is 603 g/mol. The first-order valence-electron chi connectivity index (χ1n) is 14.9. The Kier molecular flexibility index (Phi) is 9.79. The van der Waals surface area contributed by atoms with Gasteiger partial charge < -0.3 is 24.8 Å². The van der Waals surface area contributed by atoms with Crippen LogP contribution in [0.25, 0.3) is 0 Å². The van der Waals surface area contributed by atoms with Gasteiger partial charge in [0.05, 0.1) is 12.2 Å². The lowest BCUT2D eigenvalue weighted by Crippen LogP contribution is -2.49. The predicted octanol–water partition coefficient (Wildman–Crippen LogP) is 5.30. The molecular formula is C30H43Cl2N7O2. The maximum absolute atomic E-state index is 12.9. The zero-order valence-corrected chi connectivity index (χ0v) is 26.1. The van der Waals surface area contributed by atoms with Crippen molar-refractivity contribution in [1.29, 1.82) is 0 Å². The van der Waals surface area contributed by atoms with Gasteiger partial charge in [0.1, 0.15) is 11.4 Å². The number of nitrogens with zero attached hydrogens (tertiary/aromatic N) is 6. The SMILES string of the molecule is CC(C)(C)OC(=O)N1CCc2nc(N3CCN(CCN4CCCCC4)CC3)nc(NCc3ccc(Cl)cc3Cl)c2C1. The van der Waals surface area contributed by atoms with Gasteiger partial charge in [-0.1, -0.05) is 35.7 Å². The summed E-state index contributed by atoms with van der Waals surface area (Å²) >= 11 is 12.6. The molecule has 0 unspecified atom stereocenters. The summed E-state index contributed by atoms with van der Waals surface area (Å²) in [6, 6.07) is 5.50. The van der Waals surface area contributed by atoms with Crippen LogP contribution in [0.3, 0.4) is 0 Å². The predicted molar refractivity (Wildman–Crippen MR) is 165 cm³/mol. The molecule has 41 heavy (non-hydrogen) atoms. The van der Waals surface area contributed by atoms with Crippen LogP contribution in [0, 0.1) is 0 Å². The number of amides is 1. The van der Waals surface area contributed by atoms with Gasteiger partial charge in [-0.3, -0.25) is 4.90 Å². The molecule has 0 radical (unpaired) electrons. The lowest BCUT2D eigenvalue weighted by molar-refractivity contribution is 0.0223. The Morgan fingerprint density at radius 3 is 2.34 bits per heavy atom. The second kappa shape index (κ2) is 13.3. The number of anilines is 2. The van der Waals surface area contributed by atoms with Gasteiger partial charge in [-0.15, -0.1) is 0 Å². The fourth-order valence-electron chi connectivity index (χ4n) is 5.65. The average Bonchev–Trinajstić information content (AvgIpc) is 2.95. The van der Waals surface area contributed by atoms with Crippen LogP contribution in [0.1, 0.15) is 56.9 Å². The molecule has 0 spiro atoms. The Morgan fingerprint density at radius 1 is 0.951 bits per heavy atom. The number of carbonyl (C=O) groups excluding carboxylic acids is 1. The molecule has 0 atom stereocenters. The lowest BCUT2D eigenvalue weighted by Gasteiger charge is -2.37. The molecule has 0 saturated carbocycles. The van der Waals surface area contributed by atoms with E-state index in [4.69, 9.17) is 37.9 Å². The summed E-state index contributed by atoms with van der Waals surface area (Å²) in [7, 11) is 0. The van der Waals surface area contributed by atoms with Crippen molar-refractivity contribution < 1.29 is 9.53 Å². The quantitative estimate of drug-likeness (QED) is 0.457. The van der Waals surface area contributed by atoms with Crippen LogP contribution in [0.5, 0.6) is 0 Å². The summed E-state index contributed by atoms with van der Waals surface area (Å²) in [6.07, 6.45) is 4.37. The summed E-state index contributed by atoms with van der Waals surface area (Å²) in [6.45, 7) is 15.6. The van der Waals surface area contributed by atoms with E-state index in [1.165, 1.54) is 32.4 Å². The van der Waals surface area contributed by atoms with Crippen molar-refractivity contribution in [3.05, 3.63) is 45.1 Å². The van der Waals surface area contributed by atoms with Crippen molar-refractivity contribution in [2.24, 2.45) is 0 Å². The number of benzene rings is 1. The molecule has 5 rings (SSSR count). The van der Waals surface area contributed by atoms with E-state index in [0.717, 1.165) is 67.9 Å². The Hall–Kier alpha value is -2.33. The molecule has 0 bridgehead atoms. The minimum absolute atomic E-state index is 0.320. The van der Waals surface area contributed by atoms with Crippen molar-refractivity contribution in [3.63, 3.8) is 0 Å². The third-order valence-corrected chi connectivity index (χ3v) is 8.58. The van der Waals surface area contributed by atoms with Crippen molar-refractivity contribution >= 4 is 41.1 Å². The highest BCUT2D eigenvalue weighted by atomic mass is 35.5. The largest absolute Gasteiger partial charge is 0.444 e. The van der Waals surface area contributed by atoms with Gasteiger partial charge in [0, 0.05) is 74.4 Å². The Labute approximate surface area is 254 Å². The first kappa shape index (κ1) is 30.1. The normalized spacial score (nSPS) is 18.8. The molecule has 2 fully saturated rings. The number of carbonyl (C=O) groups is 1. The molecule has 4 heterocycles. The highest BCUT2D eigenvalue weighted by molar-refractivity contribution is 6.35. The molecule has 9 nitrogen and oxygen atoms in total. The fourth-order valence-corrected chi connectivity index (χ4v) is 6.13. The van der Waals surface area contributed by atoms with Crippen molar-refractivity contribution in [3.8, 4) is 0 Å². The number of fused-ring (bicyclic) bond motifs is 1. The number of piperazine rings is 1. The summed E-state index contributed by atoms with van der Waals surface area (Å²) in [5.41, 5.74) is 2.27. The summed E-state index contributed by atoms with van der Waals surface area (Å²) < 4.78 is 5.66. The second-order valence-electron chi connectivity index (χ2n) is 12.3. The van der Waals surface area contributed by atoms with E-state index < -0.39 is 5.60 Å². The number of halogens is 2. The molecule has 2 saturated heterocycles. The molecule has 1 N–H and O–H groups in total. The van der Waals surface area contributed by atoms with Gasteiger partial charge in [0.15, 0.2) is 0 Å². The highest BCUT2D eigenvalue weighted by Crippen LogP contribution is 2.29.